The summed E-state index contributed by atoms with van der Waals surface area (Å²) < 4.78 is 21.7. The van der Waals surface area contributed by atoms with E-state index in [-0.39, 0.29) is 23.8 Å². The molecule has 33 heavy (non-hydrogen) atoms. The molecule has 1 N–H and O–H groups in total. The molecule has 1 aromatic carbocycles. The van der Waals surface area contributed by atoms with Gasteiger partial charge >= 0.3 is 0 Å². The van der Waals surface area contributed by atoms with E-state index in [4.69, 9.17) is 4.74 Å². The van der Waals surface area contributed by atoms with Crippen LogP contribution in [0.2, 0.25) is 0 Å². The second-order valence-corrected chi connectivity index (χ2v) is 9.60. The van der Waals surface area contributed by atoms with Crippen molar-refractivity contribution in [2.75, 3.05) is 26.8 Å². The molecule has 1 amide bonds. The van der Waals surface area contributed by atoms with E-state index in [0.29, 0.717) is 13.2 Å². The molecular weight excluding hydrogens is 417 g/mol. The minimum absolute atomic E-state index is 0.0912. The third kappa shape index (κ3) is 6.15. The van der Waals surface area contributed by atoms with Gasteiger partial charge in [0.2, 0.25) is 0 Å². The SMILES string of the molecule is CCCCCc1c(C(=O)N(C(C)C)[C@@H]2CCCNC2)n(CCCCOC)c2cc(F)ccc12. The highest BCUT2D eigenvalue weighted by molar-refractivity contribution is 6.02. The van der Waals surface area contributed by atoms with Crippen LogP contribution in [0, 0.1) is 5.82 Å². The molecule has 2 aromatic rings. The van der Waals surface area contributed by atoms with Crippen LogP contribution >= 0.6 is 0 Å². The van der Waals surface area contributed by atoms with Crippen molar-refractivity contribution in [1.29, 1.82) is 0 Å². The van der Waals surface area contributed by atoms with Crippen LogP contribution in [0.1, 0.15) is 81.8 Å². The molecule has 0 radical (unpaired) electrons. The number of hydrogen-bond donors (Lipinski definition) is 1. The molecule has 0 aliphatic carbocycles. The van der Waals surface area contributed by atoms with Crippen molar-refractivity contribution in [3.05, 3.63) is 35.3 Å². The smallest absolute Gasteiger partial charge is 0.271 e. The number of ether oxygens (including phenoxy) is 1. The standard InChI is InChI=1S/C27H42FN3O2/c1-5-6-7-12-24-23-14-13-21(28)18-25(23)30(16-8-9-17-33-4)26(24)27(32)31(20(2)3)22-11-10-15-29-19-22/h13-14,18,20,22,29H,5-12,15-17,19H2,1-4H3/t22-/m1/s1. The molecule has 0 unspecified atom stereocenters. The maximum absolute atomic E-state index is 14.3. The maximum Gasteiger partial charge on any atom is 0.271 e. The van der Waals surface area contributed by atoms with E-state index in [0.717, 1.165) is 86.6 Å². The van der Waals surface area contributed by atoms with Crippen LogP contribution in [0.4, 0.5) is 4.39 Å². The van der Waals surface area contributed by atoms with E-state index in [2.05, 4.69) is 35.6 Å². The summed E-state index contributed by atoms with van der Waals surface area (Å²) in [6.45, 7) is 9.62. The molecule has 6 heteroatoms. The normalized spacial score (nSPS) is 16.6. The number of piperidine rings is 1. The van der Waals surface area contributed by atoms with E-state index in [1.54, 1.807) is 13.2 Å². The molecular formula is C27H42FN3O2. The van der Waals surface area contributed by atoms with Crippen LogP contribution in [-0.2, 0) is 17.7 Å². The number of hydrogen-bond acceptors (Lipinski definition) is 3. The van der Waals surface area contributed by atoms with Gasteiger partial charge in [0.15, 0.2) is 0 Å². The van der Waals surface area contributed by atoms with Gasteiger partial charge in [0.1, 0.15) is 11.5 Å². The fourth-order valence-corrected chi connectivity index (χ4v) is 5.21. The molecule has 1 aliphatic rings. The van der Waals surface area contributed by atoms with Gasteiger partial charge in [-0.15, -0.1) is 0 Å². The third-order valence-corrected chi connectivity index (χ3v) is 6.80. The Labute approximate surface area is 198 Å². The zero-order valence-corrected chi connectivity index (χ0v) is 21.0. The maximum atomic E-state index is 14.3. The Morgan fingerprint density at radius 2 is 2.09 bits per heavy atom. The van der Waals surface area contributed by atoms with Crippen molar-refractivity contribution in [1.82, 2.24) is 14.8 Å². The average molecular weight is 460 g/mol. The summed E-state index contributed by atoms with van der Waals surface area (Å²) in [7, 11) is 1.71. The number of carbonyl (C=O) groups is 1. The number of benzene rings is 1. The molecule has 184 valence electrons. The predicted octanol–water partition coefficient (Wildman–Crippen LogP) is 5.54. The average Bonchev–Trinajstić information content (AvgIpc) is 3.10. The molecule has 1 atom stereocenters. The minimum Gasteiger partial charge on any atom is -0.385 e. The Hall–Kier alpha value is -1.92. The number of unbranched alkanes of at least 4 members (excludes halogenated alkanes) is 3. The van der Waals surface area contributed by atoms with Crippen LogP contribution in [-0.4, -0.2) is 54.3 Å². The third-order valence-electron chi connectivity index (χ3n) is 6.80. The predicted molar refractivity (Wildman–Crippen MR) is 133 cm³/mol. The molecule has 0 spiro atoms. The fourth-order valence-electron chi connectivity index (χ4n) is 5.21. The van der Waals surface area contributed by atoms with Crippen LogP contribution in [0.25, 0.3) is 10.9 Å². The first-order valence-corrected chi connectivity index (χ1v) is 12.8. The number of methoxy groups -OCH3 is 1. The minimum atomic E-state index is -0.255. The van der Waals surface area contributed by atoms with Gasteiger partial charge in [-0.1, -0.05) is 19.8 Å². The topological polar surface area (TPSA) is 46.5 Å². The van der Waals surface area contributed by atoms with Crippen LogP contribution in [0.15, 0.2) is 18.2 Å². The number of carbonyl (C=O) groups excluding carboxylic acids is 1. The van der Waals surface area contributed by atoms with E-state index in [9.17, 15) is 9.18 Å². The van der Waals surface area contributed by atoms with Crippen LogP contribution in [0.3, 0.4) is 0 Å². The monoisotopic (exact) mass is 459 g/mol. The Kier molecular flexibility index (Phi) is 9.75. The van der Waals surface area contributed by atoms with Gasteiger partial charge in [-0.2, -0.15) is 0 Å². The lowest BCUT2D eigenvalue weighted by atomic mass is 10.00. The van der Waals surface area contributed by atoms with Gasteiger partial charge in [0.25, 0.3) is 5.91 Å². The van der Waals surface area contributed by atoms with Crippen molar-refractivity contribution in [3.63, 3.8) is 0 Å². The Morgan fingerprint density at radius 3 is 2.76 bits per heavy atom. The second-order valence-electron chi connectivity index (χ2n) is 9.60. The van der Waals surface area contributed by atoms with Crippen LogP contribution in [0.5, 0.6) is 0 Å². The van der Waals surface area contributed by atoms with E-state index in [1.165, 1.54) is 6.07 Å². The molecule has 1 fully saturated rings. The largest absolute Gasteiger partial charge is 0.385 e. The summed E-state index contributed by atoms with van der Waals surface area (Å²) in [4.78, 5) is 16.3. The van der Waals surface area contributed by atoms with Gasteiger partial charge < -0.3 is 19.5 Å². The molecule has 0 bridgehead atoms. The lowest BCUT2D eigenvalue weighted by Crippen LogP contribution is -2.52. The first kappa shape index (κ1) is 25.7. The number of aryl methyl sites for hydroxylation is 2. The highest BCUT2D eigenvalue weighted by atomic mass is 19.1. The first-order valence-electron chi connectivity index (χ1n) is 12.8. The molecule has 1 aromatic heterocycles. The summed E-state index contributed by atoms with van der Waals surface area (Å²) in [6, 6.07) is 5.29. The Morgan fingerprint density at radius 1 is 1.27 bits per heavy atom. The molecule has 3 rings (SSSR count). The summed E-state index contributed by atoms with van der Waals surface area (Å²) >= 11 is 0. The van der Waals surface area contributed by atoms with Gasteiger partial charge in [0, 0.05) is 44.3 Å². The number of amides is 1. The molecule has 5 nitrogen and oxygen atoms in total. The van der Waals surface area contributed by atoms with Crippen molar-refractivity contribution in [2.24, 2.45) is 0 Å². The fraction of sp³-hybridized carbons (Fsp3) is 0.667. The number of rotatable bonds is 12. The number of halogens is 1. The van der Waals surface area contributed by atoms with Crippen molar-refractivity contribution in [2.45, 2.75) is 90.8 Å². The van der Waals surface area contributed by atoms with Crippen molar-refractivity contribution in [3.8, 4) is 0 Å². The Balaban J connectivity index is 2.09. The second kappa shape index (κ2) is 12.5. The molecule has 1 aliphatic heterocycles. The Bertz CT molecular complexity index is 902. The molecule has 0 saturated carbocycles. The highest BCUT2D eigenvalue weighted by Gasteiger charge is 2.32. The quantitative estimate of drug-likeness (QED) is 0.424. The number of aromatic nitrogens is 1. The summed E-state index contributed by atoms with van der Waals surface area (Å²) in [5, 5.41) is 4.49. The lowest BCUT2D eigenvalue weighted by molar-refractivity contribution is 0.0561. The number of nitrogens with zero attached hydrogens (tertiary/aromatic N) is 2. The van der Waals surface area contributed by atoms with Gasteiger partial charge in [0.05, 0.1) is 5.52 Å². The summed E-state index contributed by atoms with van der Waals surface area (Å²) in [5.74, 6) is -0.164. The van der Waals surface area contributed by atoms with Gasteiger partial charge in [-0.3, -0.25) is 4.79 Å². The van der Waals surface area contributed by atoms with Gasteiger partial charge in [-0.25, -0.2) is 4.39 Å². The van der Waals surface area contributed by atoms with E-state index >= 15 is 0 Å². The lowest BCUT2D eigenvalue weighted by Gasteiger charge is -2.38. The van der Waals surface area contributed by atoms with E-state index < -0.39 is 0 Å². The van der Waals surface area contributed by atoms with Gasteiger partial charge in [-0.05, 0) is 82.7 Å². The first-order chi connectivity index (χ1) is 16.0. The zero-order valence-electron chi connectivity index (χ0n) is 21.0. The highest BCUT2D eigenvalue weighted by Crippen LogP contribution is 2.32. The summed E-state index contributed by atoms with van der Waals surface area (Å²) in [6.07, 6.45) is 8.01. The number of fused-ring (bicyclic) bond motifs is 1. The van der Waals surface area contributed by atoms with Crippen LogP contribution < -0.4 is 5.32 Å². The summed E-state index contributed by atoms with van der Waals surface area (Å²) in [5.41, 5.74) is 2.70. The van der Waals surface area contributed by atoms with Crippen molar-refractivity contribution < 1.29 is 13.9 Å². The molecule has 2 heterocycles. The number of nitrogens with one attached hydrogen (secondary N) is 1. The molecule has 1 saturated heterocycles. The zero-order chi connectivity index (χ0) is 23.8. The van der Waals surface area contributed by atoms with Crippen molar-refractivity contribution >= 4 is 16.8 Å². The van der Waals surface area contributed by atoms with E-state index in [1.807, 2.05) is 6.07 Å².